The van der Waals surface area contributed by atoms with E-state index in [9.17, 15) is 9.90 Å². The molecule has 24 heavy (non-hydrogen) atoms. The fourth-order valence-corrected chi connectivity index (χ4v) is 2.90. The van der Waals surface area contributed by atoms with Crippen molar-refractivity contribution in [3.8, 4) is 11.3 Å². The van der Waals surface area contributed by atoms with Gasteiger partial charge in [0.15, 0.2) is 0 Å². The molecule has 0 amide bonds. The van der Waals surface area contributed by atoms with Gasteiger partial charge >= 0.3 is 5.97 Å². The maximum Gasteiger partial charge on any atom is 0.336 e. The zero-order valence-corrected chi connectivity index (χ0v) is 14.6. The van der Waals surface area contributed by atoms with Crippen LogP contribution in [0.4, 0.5) is 0 Å². The number of nitrogens with zero attached hydrogens (tertiary/aromatic N) is 1. The van der Waals surface area contributed by atoms with Gasteiger partial charge in [0.1, 0.15) is 0 Å². The van der Waals surface area contributed by atoms with Gasteiger partial charge in [0.25, 0.3) is 0 Å². The standard InChI is InChI=1S/C20H18ClNO2/c1-20(2,3)13-9-7-12(8-10-13)17-11-15(19(23)24)14-5-4-6-16(21)18(14)22-17/h4-11H,1-3H3,(H,23,24). The Morgan fingerprint density at radius 3 is 2.33 bits per heavy atom. The molecule has 2 aromatic carbocycles. The van der Waals surface area contributed by atoms with Gasteiger partial charge in [-0.2, -0.15) is 0 Å². The average Bonchev–Trinajstić information content (AvgIpc) is 2.53. The number of carboxylic acids is 1. The number of halogens is 1. The first-order valence-electron chi connectivity index (χ1n) is 7.71. The molecule has 0 bridgehead atoms. The third-order valence-electron chi connectivity index (χ3n) is 4.07. The molecule has 3 rings (SSSR count). The molecular formula is C20H18ClNO2. The average molecular weight is 340 g/mol. The SMILES string of the molecule is CC(C)(C)c1ccc(-c2cc(C(=O)O)c3cccc(Cl)c3n2)cc1. The van der Waals surface area contributed by atoms with Gasteiger partial charge in [-0.3, -0.25) is 0 Å². The van der Waals surface area contributed by atoms with Crippen molar-refractivity contribution in [1.82, 2.24) is 4.98 Å². The maximum atomic E-state index is 11.6. The van der Waals surface area contributed by atoms with E-state index in [1.165, 1.54) is 5.56 Å². The first kappa shape index (κ1) is 16.5. The van der Waals surface area contributed by atoms with Crippen LogP contribution in [0, 0.1) is 0 Å². The minimum Gasteiger partial charge on any atom is -0.478 e. The molecule has 0 radical (unpaired) electrons. The van der Waals surface area contributed by atoms with Crippen molar-refractivity contribution in [2.24, 2.45) is 0 Å². The van der Waals surface area contributed by atoms with Crippen LogP contribution in [0.15, 0.2) is 48.5 Å². The molecule has 0 fully saturated rings. The lowest BCUT2D eigenvalue weighted by Gasteiger charge is -2.19. The molecule has 0 aliphatic rings. The smallest absolute Gasteiger partial charge is 0.336 e. The minimum atomic E-state index is -0.989. The summed E-state index contributed by atoms with van der Waals surface area (Å²) in [7, 11) is 0. The number of pyridine rings is 1. The van der Waals surface area contributed by atoms with Crippen molar-refractivity contribution in [2.75, 3.05) is 0 Å². The predicted octanol–water partition coefficient (Wildman–Crippen LogP) is 5.55. The van der Waals surface area contributed by atoms with E-state index >= 15 is 0 Å². The van der Waals surface area contributed by atoms with E-state index in [1.807, 2.05) is 24.3 Å². The highest BCUT2D eigenvalue weighted by Gasteiger charge is 2.16. The first-order valence-corrected chi connectivity index (χ1v) is 8.08. The monoisotopic (exact) mass is 339 g/mol. The summed E-state index contributed by atoms with van der Waals surface area (Å²) in [6.07, 6.45) is 0. The Balaban J connectivity index is 2.20. The van der Waals surface area contributed by atoms with Crippen LogP contribution in [-0.2, 0) is 5.41 Å². The summed E-state index contributed by atoms with van der Waals surface area (Å²) in [5.41, 5.74) is 3.46. The fourth-order valence-electron chi connectivity index (χ4n) is 2.68. The topological polar surface area (TPSA) is 50.2 Å². The zero-order valence-electron chi connectivity index (χ0n) is 13.8. The summed E-state index contributed by atoms with van der Waals surface area (Å²) in [5.74, 6) is -0.989. The van der Waals surface area contributed by atoms with Gasteiger partial charge in [0, 0.05) is 10.9 Å². The molecule has 1 heterocycles. The highest BCUT2D eigenvalue weighted by atomic mass is 35.5. The van der Waals surface area contributed by atoms with Crippen LogP contribution < -0.4 is 0 Å². The molecular weight excluding hydrogens is 322 g/mol. The van der Waals surface area contributed by atoms with Crippen molar-refractivity contribution in [1.29, 1.82) is 0 Å². The molecule has 1 N–H and O–H groups in total. The van der Waals surface area contributed by atoms with Crippen LogP contribution in [0.2, 0.25) is 5.02 Å². The van der Waals surface area contributed by atoms with E-state index in [4.69, 9.17) is 11.6 Å². The quantitative estimate of drug-likeness (QED) is 0.665. The Labute approximate surface area is 145 Å². The fraction of sp³-hybridized carbons (Fsp3) is 0.200. The summed E-state index contributed by atoms with van der Waals surface area (Å²) in [4.78, 5) is 16.2. The number of para-hydroxylation sites is 1. The molecule has 0 aliphatic carbocycles. The normalized spacial score (nSPS) is 11.7. The predicted molar refractivity (Wildman–Crippen MR) is 97.8 cm³/mol. The third-order valence-corrected chi connectivity index (χ3v) is 4.37. The summed E-state index contributed by atoms with van der Waals surface area (Å²) in [5, 5.41) is 10.5. The second kappa shape index (κ2) is 5.91. The highest BCUT2D eigenvalue weighted by molar-refractivity contribution is 6.35. The second-order valence-corrected chi connectivity index (χ2v) is 7.23. The van der Waals surface area contributed by atoms with Gasteiger partial charge < -0.3 is 5.11 Å². The molecule has 3 nitrogen and oxygen atoms in total. The van der Waals surface area contributed by atoms with Gasteiger partial charge in [0.2, 0.25) is 0 Å². The van der Waals surface area contributed by atoms with Gasteiger partial charge in [-0.1, -0.05) is 68.8 Å². The number of rotatable bonds is 2. The van der Waals surface area contributed by atoms with E-state index in [-0.39, 0.29) is 11.0 Å². The van der Waals surface area contributed by atoms with Crippen molar-refractivity contribution in [2.45, 2.75) is 26.2 Å². The third kappa shape index (κ3) is 3.00. The van der Waals surface area contributed by atoms with Crippen LogP contribution >= 0.6 is 11.6 Å². The summed E-state index contributed by atoms with van der Waals surface area (Å²) in [6.45, 7) is 6.45. The van der Waals surface area contributed by atoms with Gasteiger partial charge in [0.05, 0.1) is 21.8 Å². The van der Waals surface area contributed by atoms with Crippen molar-refractivity contribution in [3.63, 3.8) is 0 Å². The Kier molecular flexibility index (Phi) is 4.06. The molecule has 0 atom stereocenters. The Hall–Kier alpha value is -2.39. The second-order valence-electron chi connectivity index (χ2n) is 6.82. The first-order chi connectivity index (χ1) is 11.3. The molecule has 122 valence electrons. The molecule has 0 saturated heterocycles. The number of aromatic carboxylic acids is 1. The molecule has 4 heteroatoms. The summed E-state index contributed by atoms with van der Waals surface area (Å²) < 4.78 is 0. The van der Waals surface area contributed by atoms with Crippen LogP contribution in [0.1, 0.15) is 36.7 Å². The van der Waals surface area contributed by atoms with Crippen molar-refractivity contribution in [3.05, 3.63) is 64.7 Å². The van der Waals surface area contributed by atoms with Crippen molar-refractivity contribution >= 4 is 28.5 Å². The Morgan fingerprint density at radius 1 is 1.08 bits per heavy atom. The number of benzene rings is 2. The number of fused-ring (bicyclic) bond motifs is 1. The summed E-state index contributed by atoms with van der Waals surface area (Å²) in [6, 6.07) is 14.8. The van der Waals surface area contributed by atoms with Gasteiger partial charge in [-0.15, -0.1) is 0 Å². The lowest BCUT2D eigenvalue weighted by atomic mass is 9.86. The zero-order chi connectivity index (χ0) is 17.5. The van der Waals surface area contributed by atoms with Gasteiger partial charge in [-0.25, -0.2) is 9.78 Å². The highest BCUT2D eigenvalue weighted by Crippen LogP contribution is 2.30. The lowest BCUT2D eigenvalue weighted by molar-refractivity contribution is 0.0699. The van der Waals surface area contributed by atoms with E-state index in [1.54, 1.807) is 24.3 Å². The van der Waals surface area contributed by atoms with E-state index in [2.05, 4.69) is 25.8 Å². The number of carbonyl (C=O) groups is 1. The van der Waals surface area contributed by atoms with Crippen LogP contribution in [0.3, 0.4) is 0 Å². The maximum absolute atomic E-state index is 11.6. The van der Waals surface area contributed by atoms with E-state index in [0.29, 0.717) is 21.6 Å². The number of aromatic nitrogens is 1. The van der Waals surface area contributed by atoms with Crippen LogP contribution in [0.5, 0.6) is 0 Å². The molecule has 0 spiro atoms. The Bertz CT molecular complexity index is 925. The number of hydrogen-bond acceptors (Lipinski definition) is 2. The largest absolute Gasteiger partial charge is 0.478 e. The summed E-state index contributed by atoms with van der Waals surface area (Å²) >= 11 is 6.22. The van der Waals surface area contributed by atoms with E-state index < -0.39 is 5.97 Å². The molecule has 3 aromatic rings. The Morgan fingerprint density at radius 2 is 1.75 bits per heavy atom. The number of hydrogen-bond donors (Lipinski definition) is 1. The van der Waals surface area contributed by atoms with E-state index in [0.717, 1.165) is 5.56 Å². The van der Waals surface area contributed by atoms with Gasteiger partial charge in [-0.05, 0) is 23.1 Å². The molecule has 0 unspecified atom stereocenters. The van der Waals surface area contributed by atoms with Crippen LogP contribution in [0.25, 0.3) is 22.2 Å². The lowest BCUT2D eigenvalue weighted by Crippen LogP contribution is -2.10. The molecule has 0 aliphatic heterocycles. The van der Waals surface area contributed by atoms with Crippen LogP contribution in [-0.4, -0.2) is 16.1 Å². The molecule has 1 aromatic heterocycles. The minimum absolute atomic E-state index is 0.0604. The molecule has 0 saturated carbocycles. The van der Waals surface area contributed by atoms with Crippen molar-refractivity contribution < 1.29 is 9.90 Å². The number of carboxylic acid groups (broad SMARTS) is 1.